The van der Waals surface area contributed by atoms with Gasteiger partial charge in [0.2, 0.25) is 5.43 Å². The monoisotopic (exact) mass is 264 g/mol. The zero-order chi connectivity index (χ0) is 12.0. The summed E-state index contributed by atoms with van der Waals surface area (Å²) in [5.41, 5.74) is 0.686. The summed E-state index contributed by atoms with van der Waals surface area (Å²) in [5.74, 6) is 0. The topological polar surface area (TPSA) is 30.2 Å². The maximum atomic E-state index is 12.3. The normalized spacial score (nSPS) is 11.2. The van der Waals surface area contributed by atoms with E-state index < -0.39 is 0 Å². The molecule has 2 nitrogen and oxygen atoms in total. The molecule has 17 heavy (non-hydrogen) atoms. The van der Waals surface area contributed by atoms with E-state index in [1.165, 1.54) is 0 Å². The Labute approximate surface area is 106 Å². The van der Waals surface area contributed by atoms with Crippen LogP contribution in [0.2, 0.25) is 10.0 Å². The Hall–Kier alpha value is -1.51. The smallest absolute Gasteiger partial charge is 0.202 e. The summed E-state index contributed by atoms with van der Waals surface area (Å²) in [6.45, 7) is 0. The largest absolute Gasteiger partial charge is 0.454 e. The predicted octanol–water partition coefficient (Wildman–Crippen LogP) is 4.25. The number of hydrogen-bond donors (Lipinski definition) is 0. The van der Waals surface area contributed by atoms with Crippen molar-refractivity contribution in [2.75, 3.05) is 0 Å². The molecular weight excluding hydrogens is 259 g/mol. The molecule has 1 heterocycles. The Morgan fingerprint density at radius 3 is 2.47 bits per heavy atom. The quantitative estimate of drug-likeness (QED) is 0.568. The van der Waals surface area contributed by atoms with Crippen molar-refractivity contribution in [3.05, 3.63) is 56.7 Å². The van der Waals surface area contributed by atoms with Gasteiger partial charge in [0.05, 0.1) is 20.8 Å². The number of fused-ring (bicyclic) bond motifs is 2. The van der Waals surface area contributed by atoms with E-state index in [9.17, 15) is 4.79 Å². The minimum atomic E-state index is -0.158. The number of benzene rings is 2. The molecule has 0 saturated heterocycles. The van der Waals surface area contributed by atoms with Gasteiger partial charge in [-0.2, -0.15) is 0 Å². The molecule has 0 saturated carbocycles. The standard InChI is InChI=1S/C13H6Cl2O2/c14-8-5-6-9(15)13-11(8)12(16)7-3-1-2-4-10(7)17-13/h1-6H. The number of halogens is 2. The molecule has 0 amide bonds. The van der Waals surface area contributed by atoms with Gasteiger partial charge in [0.1, 0.15) is 5.58 Å². The van der Waals surface area contributed by atoms with Crippen molar-refractivity contribution < 1.29 is 4.42 Å². The molecule has 0 aliphatic heterocycles. The van der Waals surface area contributed by atoms with Crippen LogP contribution in [0.25, 0.3) is 21.9 Å². The van der Waals surface area contributed by atoms with E-state index in [2.05, 4.69) is 0 Å². The van der Waals surface area contributed by atoms with E-state index in [0.717, 1.165) is 0 Å². The van der Waals surface area contributed by atoms with Crippen molar-refractivity contribution in [1.29, 1.82) is 0 Å². The molecule has 3 rings (SSSR count). The lowest BCUT2D eigenvalue weighted by Crippen LogP contribution is -2.02. The summed E-state index contributed by atoms with van der Waals surface area (Å²) in [4.78, 5) is 12.3. The van der Waals surface area contributed by atoms with Gasteiger partial charge in [-0.25, -0.2) is 0 Å². The van der Waals surface area contributed by atoms with Crippen LogP contribution in [0.5, 0.6) is 0 Å². The van der Waals surface area contributed by atoms with Gasteiger partial charge in [-0.3, -0.25) is 4.79 Å². The summed E-state index contributed by atoms with van der Waals surface area (Å²) >= 11 is 12.0. The summed E-state index contributed by atoms with van der Waals surface area (Å²) in [7, 11) is 0. The number of hydrogen-bond acceptors (Lipinski definition) is 2. The fourth-order valence-electron chi connectivity index (χ4n) is 1.83. The number of para-hydroxylation sites is 1. The number of rotatable bonds is 0. The van der Waals surface area contributed by atoms with Gasteiger partial charge < -0.3 is 4.42 Å². The van der Waals surface area contributed by atoms with Gasteiger partial charge in [0, 0.05) is 0 Å². The first-order chi connectivity index (χ1) is 8.18. The Morgan fingerprint density at radius 1 is 0.941 bits per heavy atom. The average Bonchev–Trinajstić information content (AvgIpc) is 2.34. The first-order valence-corrected chi connectivity index (χ1v) is 5.73. The second-order valence-corrected chi connectivity index (χ2v) is 4.48. The van der Waals surface area contributed by atoms with Crippen molar-refractivity contribution in [3.8, 4) is 0 Å². The van der Waals surface area contributed by atoms with E-state index in [-0.39, 0.29) is 5.43 Å². The zero-order valence-corrected chi connectivity index (χ0v) is 10.0. The molecule has 0 aliphatic carbocycles. The molecule has 84 valence electrons. The van der Waals surface area contributed by atoms with Crippen LogP contribution in [0.4, 0.5) is 0 Å². The molecule has 2 aromatic carbocycles. The van der Waals surface area contributed by atoms with Crippen LogP contribution in [-0.2, 0) is 0 Å². The lowest BCUT2D eigenvalue weighted by Gasteiger charge is -2.03. The molecule has 0 bridgehead atoms. The van der Waals surface area contributed by atoms with Gasteiger partial charge in [-0.1, -0.05) is 35.3 Å². The summed E-state index contributed by atoms with van der Waals surface area (Å²) in [6.07, 6.45) is 0. The third-order valence-corrected chi connectivity index (χ3v) is 3.24. The minimum Gasteiger partial charge on any atom is -0.454 e. The maximum Gasteiger partial charge on any atom is 0.202 e. The summed E-state index contributed by atoms with van der Waals surface area (Å²) in [6, 6.07) is 10.2. The van der Waals surface area contributed by atoms with E-state index in [4.69, 9.17) is 27.6 Å². The third-order valence-electron chi connectivity index (χ3n) is 2.63. The fourth-order valence-corrected chi connectivity index (χ4v) is 2.26. The highest BCUT2D eigenvalue weighted by Gasteiger charge is 2.12. The Bertz CT molecular complexity index is 790. The van der Waals surface area contributed by atoms with Gasteiger partial charge in [-0.05, 0) is 24.3 Å². The van der Waals surface area contributed by atoms with E-state index in [1.54, 1.807) is 36.4 Å². The van der Waals surface area contributed by atoms with E-state index >= 15 is 0 Å². The van der Waals surface area contributed by atoms with Crippen LogP contribution in [-0.4, -0.2) is 0 Å². The first-order valence-electron chi connectivity index (χ1n) is 4.98. The average molecular weight is 265 g/mol. The van der Waals surface area contributed by atoms with E-state index in [0.29, 0.717) is 32.0 Å². The van der Waals surface area contributed by atoms with Gasteiger partial charge in [-0.15, -0.1) is 0 Å². The molecular formula is C13H6Cl2O2. The fraction of sp³-hybridized carbons (Fsp3) is 0. The third kappa shape index (κ3) is 1.53. The Morgan fingerprint density at radius 2 is 1.65 bits per heavy atom. The van der Waals surface area contributed by atoms with E-state index in [1.807, 2.05) is 0 Å². The molecule has 0 radical (unpaired) electrons. The van der Waals surface area contributed by atoms with Crippen LogP contribution in [0.3, 0.4) is 0 Å². The highest BCUT2D eigenvalue weighted by atomic mass is 35.5. The van der Waals surface area contributed by atoms with Crippen LogP contribution in [0.15, 0.2) is 45.6 Å². The second kappa shape index (κ2) is 3.76. The van der Waals surface area contributed by atoms with Crippen LogP contribution >= 0.6 is 23.2 Å². The van der Waals surface area contributed by atoms with Crippen molar-refractivity contribution in [1.82, 2.24) is 0 Å². The highest BCUT2D eigenvalue weighted by Crippen LogP contribution is 2.29. The highest BCUT2D eigenvalue weighted by molar-refractivity contribution is 6.39. The molecule has 0 N–H and O–H groups in total. The lowest BCUT2D eigenvalue weighted by molar-refractivity contribution is 0.660. The Kier molecular flexibility index (Phi) is 2.35. The van der Waals surface area contributed by atoms with Crippen molar-refractivity contribution >= 4 is 45.1 Å². The van der Waals surface area contributed by atoms with Crippen LogP contribution in [0.1, 0.15) is 0 Å². The van der Waals surface area contributed by atoms with Crippen LogP contribution in [0, 0.1) is 0 Å². The molecule has 0 spiro atoms. The Balaban J connectivity index is 2.69. The molecule has 3 aromatic rings. The molecule has 0 atom stereocenters. The maximum absolute atomic E-state index is 12.3. The van der Waals surface area contributed by atoms with Crippen LogP contribution < -0.4 is 5.43 Å². The SMILES string of the molecule is O=c1c2ccccc2oc2c(Cl)ccc(Cl)c12. The molecule has 0 unspecified atom stereocenters. The molecule has 0 aliphatic rings. The van der Waals surface area contributed by atoms with Crippen molar-refractivity contribution in [2.24, 2.45) is 0 Å². The first kappa shape index (κ1) is 10.6. The molecule has 1 aromatic heterocycles. The minimum absolute atomic E-state index is 0.158. The molecule has 4 heteroatoms. The zero-order valence-electron chi connectivity index (χ0n) is 8.54. The summed E-state index contributed by atoms with van der Waals surface area (Å²) < 4.78 is 5.62. The van der Waals surface area contributed by atoms with Gasteiger partial charge >= 0.3 is 0 Å². The second-order valence-electron chi connectivity index (χ2n) is 3.66. The lowest BCUT2D eigenvalue weighted by atomic mass is 10.1. The molecule has 0 fully saturated rings. The summed E-state index contributed by atoms with van der Waals surface area (Å²) in [5, 5.41) is 1.57. The van der Waals surface area contributed by atoms with Gasteiger partial charge in [0.15, 0.2) is 5.58 Å². The predicted molar refractivity (Wildman–Crippen MR) is 70.0 cm³/mol. The van der Waals surface area contributed by atoms with Crippen molar-refractivity contribution in [2.45, 2.75) is 0 Å². The van der Waals surface area contributed by atoms with Crippen molar-refractivity contribution in [3.63, 3.8) is 0 Å². The van der Waals surface area contributed by atoms with Gasteiger partial charge in [0.25, 0.3) is 0 Å².